The van der Waals surface area contributed by atoms with Crippen LogP contribution < -0.4 is 0 Å². The molecule has 11 heavy (non-hydrogen) atoms. The largest absolute Gasteiger partial charge is 0.299 e. The molecule has 0 aromatic heterocycles. The van der Waals surface area contributed by atoms with Crippen molar-refractivity contribution in [1.29, 1.82) is 0 Å². The molecule has 2 nitrogen and oxygen atoms in total. The molecular formula is C9H15NO. The van der Waals surface area contributed by atoms with E-state index in [1.165, 1.54) is 0 Å². The van der Waals surface area contributed by atoms with E-state index in [4.69, 9.17) is 0 Å². The van der Waals surface area contributed by atoms with Gasteiger partial charge in [0.25, 0.3) is 0 Å². The van der Waals surface area contributed by atoms with E-state index in [0.29, 0.717) is 12.2 Å². The standard InChI is InChI=1S/C9H15NO/c1-2-6-10-8-4-3-5-9(11)7-8/h2-7H2,1H3. The minimum Gasteiger partial charge on any atom is -0.299 e. The molecule has 1 saturated carbocycles. The zero-order valence-corrected chi connectivity index (χ0v) is 7.10. The van der Waals surface area contributed by atoms with Crippen LogP contribution in [0.4, 0.5) is 0 Å². The Morgan fingerprint density at radius 3 is 2.91 bits per heavy atom. The Morgan fingerprint density at radius 2 is 2.27 bits per heavy atom. The number of carbonyl (C=O) groups excluding carboxylic acids is 1. The molecule has 62 valence electrons. The van der Waals surface area contributed by atoms with Gasteiger partial charge in [0.05, 0.1) is 0 Å². The lowest BCUT2D eigenvalue weighted by Crippen LogP contribution is -2.14. The monoisotopic (exact) mass is 153 g/mol. The van der Waals surface area contributed by atoms with Crippen molar-refractivity contribution in [3.05, 3.63) is 0 Å². The number of Topliss-reactive ketones (excluding diaryl/α,β-unsaturated/α-hetero) is 1. The van der Waals surface area contributed by atoms with E-state index in [2.05, 4.69) is 11.9 Å². The van der Waals surface area contributed by atoms with Gasteiger partial charge in [-0.1, -0.05) is 6.92 Å². The summed E-state index contributed by atoms with van der Waals surface area (Å²) in [5, 5.41) is 0. The van der Waals surface area contributed by atoms with Crippen molar-refractivity contribution in [2.24, 2.45) is 4.99 Å². The van der Waals surface area contributed by atoms with Crippen molar-refractivity contribution in [3.8, 4) is 0 Å². The van der Waals surface area contributed by atoms with Gasteiger partial charge in [-0.15, -0.1) is 0 Å². The first-order valence-corrected chi connectivity index (χ1v) is 4.37. The number of carbonyl (C=O) groups is 1. The van der Waals surface area contributed by atoms with Gasteiger partial charge in [-0.05, 0) is 19.3 Å². The zero-order valence-electron chi connectivity index (χ0n) is 7.10. The van der Waals surface area contributed by atoms with E-state index in [1.807, 2.05) is 0 Å². The fraction of sp³-hybridized carbons (Fsp3) is 0.778. The molecule has 1 aliphatic carbocycles. The molecule has 0 N–H and O–H groups in total. The molecule has 0 aliphatic heterocycles. The highest BCUT2D eigenvalue weighted by molar-refractivity contribution is 6.03. The second-order valence-electron chi connectivity index (χ2n) is 3.02. The Balaban J connectivity index is 2.38. The molecule has 0 radical (unpaired) electrons. The van der Waals surface area contributed by atoms with Crippen LogP contribution in [0.15, 0.2) is 4.99 Å². The highest BCUT2D eigenvalue weighted by Crippen LogP contribution is 2.11. The number of ketones is 1. The first-order valence-electron chi connectivity index (χ1n) is 4.37. The van der Waals surface area contributed by atoms with Crippen molar-refractivity contribution in [2.45, 2.75) is 39.0 Å². The van der Waals surface area contributed by atoms with Gasteiger partial charge in [-0.2, -0.15) is 0 Å². The van der Waals surface area contributed by atoms with Crippen LogP contribution in [-0.4, -0.2) is 18.0 Å². The number of hydrogen-bond acceptors (Lipinski definition) is 2. The summed E-state index contributed by atoms with van der Waals surface area (Å²) in [6.07, 6.45) is 4.54. The summed E-state index contributed by atoms with van der Waals surface area (Å²) in [6, 6.07) is 0. The number of aliphatic imine (C=N–C) groups is 1. The van der Waals surface area contributed by atoms with E-state index in [1.54, 1.807) is 0 Å². The third kappa shape index (κ3) is 2.83. The van der Waals surface area contributed by atoms with E-state index < -0.39 is 0 Å². The van der Waals surface area contributed by atoms with Gasteiger partial charge in [-0.3, -0.25) is 9.79 Å². The summed E-state index contributed by atoms with van der Waals surface area (Å²) in [5.74, 6) is 0.367. The van der Waals surface area contributed by atoms with Crippen molar-refractivity contribution in [2.75, 3.05) is 6.54 Å². The van der Waals surface area contributed by atoms with Gasteiger partial charge in [0.15, 0.2) is 0 Å². The average Bonchev–Trinajstić information content (AvgIpc) is 2.01. The molecule has 2 heteroatoms. The Morgan fingerprint density at radius 1 is 1.45 bits per heavy atom. The molecule has 1 rings (SSSR count). The van der Waals surface area contributed by atoms with Crippen molar-refractivity contribution in [3.63, 3.8) is 0 Å². The third-order valence-electron chi connectivity index (χ3n) is 1.88. The van der Waals surface area contributed by atoms with Gasteiger partial charge in [0.1, 0.15) is 5.78 Å². The van der Waals surface area contributed by atoms with Crippen molar-refractivity contribution >= 4 is 11.5 Å². The van der Waals surface area contributed by atoms with Crippen LogP contribution in [-0.2, 0) is 4.79 Å². The molecule has 0 heterocycles. The smallest absolute Gasteiger partial charge is 0.138 e. The van der Waals surface area contributed by atoms with Crippen LogP contribution >= 0.6 is 0 Å². The molecular weight excluding hydrogens is 138 g/mol. The molecule has 0 aromatic rings. The molecule has 0 unspecified atom stereocenters. The van der Waals surface area contributed by atoms with Gasteiger partial charge in [0.2, 0.25) is 0 Å². The van der Waals surface area contributed by atoms with Crippen LogP contribution in [0.2, 0.25) is 0 Å². The van der Waals surface area contributed by atoms with E-state index in [0.717, 1.165) is 37.9 Å². The summed E-state index contributed by atoms with van der Waals surface area (Å²) in [5.41, 5.74) is 1.13. The maximum Gasteiger partial charge on any atom is 0.138 e. The summed E-state index contributed by atoms with van der Waals surface area (Å²) in [6.45, 7) is 3.00. The Labute approximate surface area is 67.7 Å². The molecule has 1 fully saturated rings. The Hall–Kier alpha value is -0.660. The molecule has 0 saturated heterocycles. The zero-order chi connectivity index (χ0) is 8.10. The summed E-state index contributed by atoms with van der Waals surface area (Å²) in [4.78, 5) is 15.3. The average molecular weight is 153 g/mol. The molecule has 0 aromatic carbocycles. The Bertz CT molecular complexity index is 172. The minimum absolute atomic E-state index is 0.367. The normalized spacial score (nSPS) is 22.6. The van der Waals surface area contributed by atoms with Crippen LogP contribution in [0.3, 0.4) is 0 Å². The molecule has 0 bridgehead atoms. The fourth-order valence-electron chi connectivity index (χ4n) is 1.30. The highest BCUT2D eigenvalue weighted by Gasteiger charge is 2.13. The second-order valence-corrected chi connectivity index (χ2v) is 3.02. The maximum absolute atomic E-state index is 11.0. The quantitative estimate of drug-likeness (QED) is 0.596. The lowest BCUT2D eigenvalue weighted by atomic mass is 9.97. The molecule has 1 aliphatic rings. The minimum atomic E-state index is 0.367. The van der Waals surface area contributed by atoms with Gasteiger partial charge in [0, 0.05) is 25.1 Å². The number of nitrogens with zero attached hydrogens (tertiary/aromatic N) is 1. The topological polar surface area (TPSA) is 29.4 Å². The van der Waals surface area contributed by atoms with E-state index in [9.17, 15) is 4.79 Å². The summed E-state index contributed by atoms with van der Waals surface area (Å²) in [7, 11) is 0. The highest BCUT2D eigenvalue weighted by atomic mass is 16.1. The number of rotatable bonds is 2. The number of hydrogen-bond donors (Lipinski definition) is 0. The van der Waals surface area contributed by atoms with Gasteiger partial charge in [-0.25, -0.2) is 0 Å². The first-order chi connectivity index (χ1) is 5.33. The fourth-order valence-corrected chi connectivity index (χ4v) is 1.30. The van der Waals surface area contributed by atoms with Gasteiger partial charge >= 0.3 is 0 Å². The lowest BCUT2D eigenvalue weighted by Gasteiger charge is -2.10. The summed E-state index contributed by atoms with van der Waals surface area (Å²) < 4.78 is 0. The van der Waals surface area contributed by atoms with Crippen LogP contribution in [0.25, 0.3) is 0 Å². The van der Waals surface area contributed by atoms with E-state index >= 15 is 0 Å². The van der Waals surface area contributed by atoms with E-state index in [-0.39, 0.29) is 0 Å². The molecule has 0 atom stereocenters. The SMILES string of the molecule is CCCN=C1CCCC(=O)C1. The predicted octanol–water partition coefficient (Wildman–Crippen LogP) is 1.98. The van der Waals surface area contributed by atoms with Crippen LogP contribution in [0.1, 0.15) is 39.0 Å². The second kappa shape index (κ2) is 4.27. The molecule has 0 amide bonds. The Kier molecular flexibility index (Phi) is 3.27. The van der Waals surface area contributed by atoms with Crippen LogP contribution in [0, 0.1) is 0 Å². The van der Waals surface area contributed by atoms with Crippen molar-refractivity contribution in [1.82, 2.24) is 0 Å². The molecule has 0 spiro atoms. The van der Waals surface area contributed by atoms with Gasteiger partial charge < -0.3 is 0 Å². The summed E-state index contributed by atoms with van der Waals surface area (Å²) >= 11 is 0. The van der Waals surface area contributed by atoms with Crippen molar-refractivity contribution < 1.29 is 4.79 Å². The van der Waals surface area contributed by atoms with Crippen LogP contribution in [0.5, 0.6) is 0 Å². The third-order valence-corrected chi connectivity index (χ3v) is 1.88. The lowest BCUT2D eigenvalue weighted by molar-refractivity contribution is -0.118. The first kappa shape index (κ1) is 8.44. The predicted molar refractivity (Wildman–Crippen MR) is 46.1 cm³/mol. The maximum atomic E-state index is 11.0.